The topological polar surface area (TPSA) is 59.4 Å². The Labute approximate surface area is 113 Å². The molecule has 1 unspecified atom stereocenters. The number of ether oxygens (including phenoxy) is 1. The Balaban J connectivity index is 1.94. The summed E-state index contributed by atoms with van der Waals surface area (Å²) in [5.41, 5.74) is 0.746. The molecule has 1 aromatic rings. The minimum absolute atomic E-state index is 0.0750. The summed E-state index contributed by atoms with van der Waals surface area (Å²) < 4.78 is 7.23. The van der Waals surface area contributed by atoms with Crippen LogP contribution in [-0.2, 0) is 11.3 Å². The molecule has 6 nitrogen and oxygen atoms in total. The van der Waals surface area contributed by atoms with Gasteiger partial charge in [-0.15, -0.1) is 0 Å². The number of carbonyl (C=O) groups is 1. The van der Waals surface area contributed by atoms with Crippen LogP contribution in [0.1, 0.15) is 26.7 Å². The zero-order valence-corrected chi connectivity index (χ0v) is 11.6. The molecule has 0 bridgehead atoms. The fraction of sp³-hybridized carbons (Fsp3) is 0.692. The van der Waals surface area contributed by atoms with E-state index in [1.54, 1.807) is 6.20 Å². The van der Waals surface area contributed by atoms with Gasteiger partial charge in [0.1, 0.15) is 0 Å². The van der Waals surface area contributed by atoms with Crippen LogP contribution in [0.15, 0.2) is 12.4 Å². The number of hydrogen-bond acceptors (Lipinski definition) is 3. The van der Waals surface area contributed by atoms with Crippen molar-refractivity contribution in [2.75, 3.05) is 25.1 Å². The molecule has 0 aliphatic carbocycles. The van der Waals surface area contributed by atoms with Gasteiger partial charge in [0.05, 0.1) is 18.5 Å². The third-order valence-corrected chi connectivity index (χ3v) is 3.29. The van der Waals surface area contributed by atoms with Crippen LogP contribution in [0.3, 0.4) is 0 Å². The Bertz CT molecular complexity index is 419. The van der Waals surface area contributed by atoms with Crippen LogP contribution in [0.4, 0.5) is 10.5 Å². The van der Waals surface area contributed by atoms with Crippen molar-refractivity contribution < 1.29 is 9.53 Å². The number of urea groups is 1. The number of hydrogen-bond donors (Lipinski definition) is 1. The number of aromatic nitrogens is 2. The molecule has 1 saturated heterocycles. The molecule has 6 heteroatoms. The quantitative estimate of drug-likeness (QED) is 0.909. The van der Waals surface area contributed by atoms with Crippen molar-refractivity contribution in [3.63, 3.8) is 0 Å². The molecule has 1 N–H and O–H groups in total. The maximum Gasteiger partial charge on any atom is 0.322 e. The molecule has 0 radical (unpaired) electrons. The zero-order valence-electron chi connectivity index (χ0n) is 11.6. The summed E-state index contributed by atoms with van der Waals surface area (Å²) in [6.07, 6.45) is 5.45. The number of anilines is 1. The first-order chi connectivity index (χ1) is 9.20. The Morgan fingerprint density at radius 1 is 1.58 bits per heavy atom. The first-order valence-corrected chi connectivity index (χ1v) is 6.88. The van der Waals surface area contributed by atoms with Crippen LogP contribution in [0.2, 0.25) is 0 Å². The van der Waals surface area contributed by atoms with Crippen LogP contribution in [0, 0.1) is 0 Å². The highest BCUT2D eigenvalue weighted by Crippen LogP contribution is 2.12. The summed E-state index contributed by atoms with van der Waals surface area (Å²) in [7, 11) is 0. The number of rotatable bonds is 3. The first kappa shape index (κ1) is 13.9. The van der Waals surface area contributed by atoms with E-state index in [0.717, 1.165) is 31.7 Å². The maximum atomic E-state index is 12.2. The monoisotopic (exact) mass is 266 g/mol. The lowest BCUT2D eigenvalue weighted by atomic mass is 10.2. The van der Waals surface area contributed by atoms with E-state index in [9.17, 15) is 4.79 Å². The number of nitrogens with one attached hydrogen (secondary N) is 1. The van der Waals surface area contributed by atoms with E-state index in [4.69, 9.17) is 4.74 Å². The number of carbonyl (C=O) groups excluding carboxylic acids is 1. The third kappa shape index (κ3) is 3.70. The highest BCUT2D eigenvalue weighted by atomic mass is 16.5. The van der Waals surface area contributed by atoms with Gasteiger partial charge < -0.3 is 15.0 Å². The van der Waals surface area contributed by atoms with Crippen LogP contribution < -0.4 is 5.32 Å². The molecule has 1 aliphatic heterocycles. The van der Waals surface area contributed by atoms with Gasteiger partial charge in [0, 0.05) is 31.9 Å². The second kappa shape index (κ2) is 6.56. The van der Waals surface area contributed by atoms with Gasteiger partial charge in [-0.2, -0.15) is 5.10 Å². The van der Waals surface area contributed by atoms with Gasteiger partial charge >= 0.3 is 6.03 Å². The Morgan fingerprint density at radius 2 is 2.42 bits per heavy atom. The molecule has 0 spiro atoms. The lowest BCUT2D eigenvalue weighted by Gasteiger charge is -2.26. The van der Waals surface area contributed by atoms with Gasteiger partial charge in [-0.3, -0.25) is 4.68 Å². The Morgan fingerprint density at radius 3 is 3.21 bits per heavy atom. The molecule has 2 rings (SSSR count). The molecule has 106 valence electrons. The predicted octanol–water partition coefficient (Wildman–Crippen LogP) is 1.94. The first-order valence-electron chi connectivity index (χ1n) is 6.88. The number of aryl methyl sites for hydroxylation is 1. The molecule has 1 aliphatic rings. The summed E-state index contributed by atoms with van der Waals surface area (Å²) in [6, 6.07) is 0.127. The second-order valence-corrected chi connectivity index (χ2v) is 4.87. The van der Waals surface area contributed by atoms with Gasteiger partial charge in [0.15, 0.2) is 0 Å². The molecule has 19 heavy (non-hydrogen) atoms. The Hall–Kier alpha value is -1.56. The average molecular weight is 266 g/mol. The highest BCUT2D eigenvalue weighted by molar-refractivity contribution is 5.89. The van der Waals surface area contributed by atoms with Crippen molar-refractivity contribution in [1.82, 2.24) is 14.7 Å². The lowest BCUT2D eigenvalue weighted by Crippen LogP contribution is -2.42. The van der Waals surface area contributed by atoms with E-state index < -0.39 is 0 Å². The molecule has 0 aromatic carbocycles. The highest BCUT2D eigenvalue weighted by Gasteiger charge is 2.22. The van der Waals surface area contributed by atoms with E-state index in [1.807, 2.05) is 15.8 Å². The van der Waals surface area contributed by atoms with Crippen molar-refractivity contribution in [3.05, 3.63) is 12.4 Å². The van der Waals surface area contributed by atoms with Crippen LogP contribution in [0.25, 0.3) is 0 Å². The van der Waals surface area contributed by atoms with E-state index in [2.05, 4.69) is 24.3 Å². The molecular formula is C13H22N4O2. The van der Waals surface area contributed by atoms with Gasteiger partial charge in [0.2, 0.25) is 0 Å². The van der Waals surface area contributed by atoms with Gasteiger partial charge in [-0.25, -0.2) is 4.79 Å². The largest absolute Gasteiger partial charge is 0.380 e. The smallest absolute Gasteiger partial charge is 0.322 e. The lowest BCUT2D eigenvalue weighted by molar-refractivity contribution is 0.143. The van der Waals surface area contributed by atoms with Crippen molar-refractivity contribution in [2.45, 2.75) is 39.3 Å². The maximum absolute atomic E-state index is 12.2. The minimum atomic E-state index is -0.0750. The summed E-state index contributed by atoms with van der Waals surface area (Å²) in [4.78, 5) is 14.0. The molecule has 2 amide bonds. The van der Waals surface area contributed by atoms with Crippen molar-refractivity contribution in [3.8, 4) is 0 Å². The zero-order chi connectivity index (χ0) is 13.7. The van der Waals surface area contributed by atoms with Crippen molar-refractivity contribution >= 4 is 11.7 Å². The van der Waals surface area contributed by atoms with Gasteiger partial charge in [-0.05, 0) is 19.8 Å². The van der Waals surface area contributed by atoms with Crippen LogP contribution in [-0.4, -0.2) is 46.5 Å². The van der Waals surface area contributed by atoms with Gasteiger partial charge in [0.25, 0.3) is 0 Å². The number of amides is 2. The molecular weight excluding hydrogens is 244 g/mol. The Kier molecular flexibility index (Phi) is 4.79. The number of nitrogens with zero attached hydrogens (tertiary/aromatic N) is 3. The van der Waals surface area contributed by atoms with E-state index in [-0.39, 0.29) is 12.1 Å². The van der Waals surface area contributed by atoms with E-state index in [1.165, 1.54) is 0 Å². The van der Waals surface area contributed by atoms with Crippen molar-refractivity contribution in [2.24, 2.45) is 0 Å². The second-order valence-electron chi connectivity index (χ2n) is 4.87. The molecule has 1 atom stereocenters. The van der Waals surface area contributed by atoms with Crippen LogP contribution in [0.5, 0.6) is 0 Å². The fourth-order valence-electron chi connectivity index (χ4n) is 2.17. The van der Waals surface area contributed by atoms with Gasteiger partial charge in [-0.1, -0.05) is 6.92 Å². The van der Waals surface area contributed by atoms with Crippen LogP contribution >= 0.6 is 0 Å². The standard InChI is InChI=1S/C13H22N4O2/c1-3-5-16-10-12(9-14-16)15-13(18)17-6-8-19-7-4-11(17)2/h9-11H,3-8H2,1-2H3,(H,15,18). The summed E-state index contributed by atoms with van der Waals surface area (Å²) in [6.45, 7) is 6.97. The predicted molar refractivity (Wildman–Crippen MR) is 73.1 cm³/mol. The summed E-state index contributed by atoms with van der Waals surface area (Å²) >= 11 is 0. The molecule has 1 aromatic heterocycles. The molecule has 2 heterocycles. The fourth-order valence-corrected chi connectivity index (χ4v) is 2.17. The molecule has 1 fully saturated rings. The summed E-state index contributed by atoms with van der Waals surface area (Å²) in [5.74, 6) is 0. The van der Waals surface area contributed by atoms with E-state index in [0.29, 0.717) is 13.2 Å². The average Bonchev–Trinajstić information content (AvgIpc) is 2.69. The summed E-state index contributed by atoms with van der Waals surface area (Å²) in [5, 5.41) is 7.10. The van der Waals surface area contributed by atoms with E-state index >= 15 is 0 Å². The normalized spacial score (nSPS) is 20.1. The minimum Gasteiger partial charge on any atom is -0.380 e. The SMILES string of the molecule is CCCn1cc(NC(=O)N2CCOCCC2C)cn1. The molecule has 0 saturated carbocycles. The third-order valence-electron chi connectivity index (χ3n) is 3.29. The van der Waals surface area contributed by atoms with Crippen molar-refractivity contribution in [1.29, 1.82) is 0 Å².